The molecule has 0 amide bonds. The maximum Gasteiger partial charge on any atom is 0.374 e. The molecular formula is C22H17N5O3. The largest absolute Gasteiger partial charge is 0.434 e. The molecule has 0 atom stereocenters. The minimum atomic E-state index is -0.561. The van der Waals surface area contributed by atoms with Crippen LogP contribution in [-0.2, 0) is 0 Å². The van der Waals surface area contributed by atoms with E-state index in [1.54, 1.807) is 29.3 Å². The van der Waals surface area contributed by atoms with Gasteiger partial charge in [-0.15, -0.1) is 0 Å². The van der Waals surface area contributed by atoms with Gasteiger partial charge in [-0.3, -0.25) is 20.5 Å². The van der Waals surface area contributed by atoms with Gasteiger partial charge in [-0.05, 0) is 36.4 Å². The number of hydrogen-bond acceptors (Lipinski definition) is 7. The number of nitrogens with one attached hydrogen (secondary N) is 1. The smallest absolute Gasteiger partial charge is 0.374 e. The summed E-state index contributed by atoms with van der Waals surface area (Å²) in [5.74, 6) is 0.298. The van der Waals surface area contributed by atoms with E-state index in [4.69, 9.17) is 4.74 Å². The first kappa shape index (κ1) is 18.9. The van der Waals surface area contributed by atoms with Crippen LogP contribution in [0.25, 0.3) is 0 Å². The minimum absolute atomic E-state index is 0.00800. The van der Waals surface area contributed by atoms with E-state index in [2.05, 4.69) is 15.4 Å². The number of ether oxygens (including phenoxy) is 1. The van der Waals surface area contributed by atoms with E-state index in [1.807, 2.05) is 66.7 Å². The molecule has 30 heavy (non-hydrogen) atoms. The number of nitrogens with zero attached hydrogens (tertiary/aromatic N) is 4. The summed E-state index contributed by atoms with van der Waals surface area (Å²) in [6.45, 7) is 0. The fourth-order valence-electron chi connectivity index (χ4n) is 2.82. The Morgan fingerprint density at radius 1 is 0.800 bits per heavy atom. The lowest BCUT2D eigenvalue weighted by Crippen LogP contribution is -2.25. The summed E-state index contributed by atoms with van der Waals surface area (Å²) in [5, 5.41) is 13.6. The summed E-state index contributed by atoms with van der Waals surface area (Å²) in [5.41, 5.74) is 4.25. The number of aromatic nitrogens is 2. The second kappa shape index (κ2) is 8.70. The Morgan fingerprint density at radius 2 is 1.33 bits per heavy atom. The second-order valence-corrected chi connectivity index (χ2v) is 6.17. The van der Waals surface area contributed by atoms with Crippen LogP contribution >= 0.6 is 0 Å². The van der Waals surface area contributed by atoms with E-state index in [1.165, 1.54) is 6.33 Å². The molecule has 0 spiro atoms. The molecule has 0 aliphatic rings. The molecule has 148 valence electrons. The summed E-state index contributed by atoms with van der Waals surface area (Å²) < 4.78 is 5.65. The lowest BCUT2D eigenvalue weighted by atomic mass is 10.2. The van der Waals surface area contributed by atoms with E-state index < -0.39 is 4.92 Å². The van der Waals surface area contributed by atoms with Gasteiger partial charge in [0.1, 0.15) is 12.1 Å². The van der Waals surface area contributed by atoms with Crippen LogP contribution in [0, 0.1) is 10.1 Å². The van der Waals surface area contributed by atoms with Gasteiger partial charge in [-0.2, -0.15) is 4.98 Å². The molecule has 1 heterocycles. The number of benzene rings is 3. The maximum absolute atomic E-state index is 11.9. The van der Waals surface area contributed by atoms with Crippen LogP contribution in [0.1, 0.15) is 0 Å². The SMILES string of the molecule is O=[N+]([O-])c1c(NN(c2ccccc2)c2ccccc2)ncnc1Oc1ccccc1. The van der Waals surface area contributed by atoms with Gasteiger partial charge in [0.25, 0.3) is 0 Å². The fraction of sp³-hybridized carbons (Fsp3) is 0. The van der Waals surface area contributed by atoms with Crippen LogP contribution in [0.5, 0.6) is 11.6 Å². The Kier molecular flexibility index (Phi) is 5.47. The third-order valence-corrected chi connectivity index (χ3v) is 4.18. The number of nitro groups is 1. The third kappa shape index (κ3) is 4.17. The van der Waals surface area contributed by atoms with Crippen molar-refractivity contribution >= 4 is 22.9 Å². The van der Waals surface area contributed by atoms with Crippen LogP contribution < -0.4 is 15.2 Å². The number of rotatable bonds is 7. The first-order chi connectivity index (χ1) is 14.7. The number of hydrazine groups is 1. The molecule has 0 saturated heterocycles. The van der Waals surface area contributed by atoms with Gasteiger partial charge in [0.15, 0.2) is 0 Å². The van der Waals surface area contributed by atoms with Crippen LogP contribution in [0.15, 0.2) is 97.3 Å². The van der Waals surface area contributed by atoms with Crippen molar-refractivity contribution in [3.8, 4) is 11.6 Å². The predicted molar refractivity (Wildman–Crippen MR) is 114 cm³/mol. The van der Waals surface area contributed by atoms with Crippen molar-refractivity contribution in [1.82, 2.24) is 9.97 Å². The molecule has 3 aromatic carbocycles. The molecule has 0 aliphatic carbocycles. The normalized spacial score (nSPS) is 10.3. The Balaban J connectivity index is 1.75. The van der Waals surface area contributed by atoms with Crippen molar-refractivity contribution in [3.05, 3.63) is 107 Å². The van der Waals surface area contributed by atoms with Crippen molar-refractivity contribution in [2.24, 2.45) is 0 Å². The summed E-state index contributed by atoms with van der Waals surface area (Å²) in [6.07, 6.45) is 1.22. The average Bonchev–Trinajstić information content (AvgIpc) is 2.79. The molecule has 4 aromatic rings. The maximum atomic E-state index is 11.9. The Hall–Kier alpha value is -4.46. The first-order valence-corrected chi connectivity index (χ1v) is 9.11. The molecule has 0 radical (unpaired) electrons. The molecule has 0 bridgehead atoms. The molecule has 0 saturated carbocycles. The van der Waals surface area contributed by atoms with E-state index in [0.29, 0.717) is 5.75 Å². The van der Waals surface area contributed by atoms with Crippen molar-refractivity contribution in [2.75, 3.05) is 10.4 Å². The summed E-state index contributed by atoms with van der Waals surface area (Å²) in [6, 6.07) is 27.6. The molecule has 0 fully saturated rings. The fourth-order valence-corrected chi connectivity index (χ4v) is 2.82. The van der Waals surface area contributed by atoms with Gasteiger partial charge in [0, 0.05) is 0 Å². The van der Waals surface area contributed by atoms with Gasteiger partial charge in [-0.25, -0.2) is 4.98 Å². The highest BCUT2D eigenvalue weighted by molar-refractivity contribution is 5.71. The van der Waals surface area contributed by atoms with Crippen molar-refractivity contribution in [3.63, 3.8) is 0 Å². The van der Waals surface area contributed by atoms with Crippen LogP contribution in [0.2, 0.25) is 0 Å². The zero-order valence-corrected chi connectivity index (χ0v) is 15.8. The number of para-hydroxylation sites is 3. The molecule has 8 nitrogen and oxygen atoms in total. The molecule has 0 unspecified atom stereocenters. The molecular weight excluding hydrogens is 382 g/mol. The highest BCUT2D eigenvalue weighted by atomic mass is 16.6. The average molecular weight is 399 g/mol. The van der Waals surface area contributed by atoms with Crippen molar-refractivity contribution in [1.29, 1.82) is 0 Å². The Labute approximate surface area is 172 Å². The van der Waals surface area contributed by atoms with E-state index in [0.717, 1.165) is 11.4 Å². The van der Waals surface area contributed by atoms with Crippen LogP contribution in [0.4, 0.5) is 22.9 Å². The standard InChI is InChI=1S/C22H17N5O3/c28-27(29)20-21(23-16-24-22(20)30-19-14-8-3-9-15-19)25-26(17-10-4-1-5-11-17)18-12-6-2-7-13-18/h1-16H,(H,23,24,25). The molecule has 8 heteroatoms. The molecule has 4 rings (SSSR count). The van der Waals surface area contributed by atoms with Crippen molar-refractivity contribution < 1.29 is 9.66 Å². The quantitative estimate of drug-likeness (QED) is 0.331. The van der Waals surface area contributed by atoms with Gasteiger partial charge in [0.05, 0.1) is 16.3 Å². The number of anilines is 3. The predicted octanol–water partition coefficient (Wildman–Crippen LogP) is 5.34. The topological polar surface area (TPSA) is 93.4 Å². The van der Waals surface area contributed by atoms with Crippen LogP contribution in [0.3, 0.4) is 0 Å². The first-order valence-electron chi connectivity index (χ1n) is 9.11. The zero-order chi connectivity index (χ0) is 20.8. The monoisotopic (exact) mass is 399 g/mol. The highest BCUT2D eigenvalue weighted by Gasteiger charge is 2.27. The second-order valence-electron chi connectivity index (χ2n) is 6.17. The Morgan fingerprint density at radius 3 is 1.87 bits per heavy atom. The molecule has 1 aromatic heterocycles. The van der Waals surface area contributed by atoms with Gasteiger partial charge < -0.3 is 4.74 Å². The van der Waals surface area contributed by atoms with Crippen molar-refractivity contribution in [2.45, 2.75) is 0 Å². The van der Waals surface area contributed by atoms with E-state index >= 15 is 0 Å². The summed E-state index contributed by atoms with van der Waals surface area (Å²) in [4.78, 5) is 19.4. The Bertz CT molecular complexity index is 1090. The molecule has 0 aliphatic heterocycles. The lowest BCUT2D eigenvalue weighted by molar-refractivity contribution is -0.385. The zero-order valence-electron chi connectivity index (χ0n) is 15.8. The third-order valence-electron chi connectivity index (χ3n) is 4.18. The minimum Gasteiger partial charge on any atom is -0.434 e. The van der Waals surface area contributed by atoms with E-state index in [9.17, 15) is 10.1 Å². The van der Waals surface area contributed by atoms with E-state index in [-0.39, 0.29) is 17.4 Å². The van der Waals surface area contributed by atoms with Crippen LogP contribution in [-0.4, -0.2) is 14.9 Å². The summed E-state index contributed by atoms with van der Waals surface area (Å²) in [7, 11) is 0. The summed E-state index contributed by atoms with van der Waals surface area (Å²) >= 11 is 0. The van der Waals surface area contributed by atoms with Gasteiger partial charge in [-0.1, -0.05) is 54.6 Å². The molecule has 1 N–H and O–H groups in total. The van der Waals surface area contributed by atoms with Gasteiger partial charge >= 0.3 is 11.6 Å². The highest BCUT2D eigenvalue weighted by Crippen LogP contribution is 2.36. The lowest BCUT2D eigenvalue weighted by Gasteiger charge is -2.25. The van der Waals surface area contributed by atoms with Gasteiger partial charge in [0.2, 0.25) is 5.82 Å². The number of hydrogen-bond donors (Lipinski definition) is 1.